The molecule has 2 aliphatic rings. The first kappa shape index (κ1) is 14.4. The minimum Gasteiger partial charge on any atom is -0.389 e. The normalized spacial score (nSPS) is 33.1. The van der Waals surface area contributed by atoms with E-state index in [0.717, 1.165) is 31.8 Å². The lowest BCUT2D eigenvalue weighted by Gasteiger charge is -2.35. The molecule has 1 aliphatic carbocycles. The number of thioether (sulfide) groups is 1. The van der Waals surface area contributed by atoms with Crippen molar-refractivity contribution in [1.82, 2.24) is 5.32 Å². The van der Waals surface area contributed by atoms with Crippen molar-refractivity contribution in [3.63, 3.8) is 0 Å². The summed E-state index contributed by atoms with van der Waals surface area (Å²) in [5.74, 6) is 2.55. The van der Waals surface area contributed by atoms with E-state index in [-0.39, 0.29) is 0 Å². The van der Waals surface area contributed by atoms with Crippen molar-refractivity contribution in [2.45, 2.75) is 49.0 Å². The lowest BCUT2D eigenvalue weighted by Crippen LogP contribution is -2.44. The van der Waals surface area contributed by atoms with Gasteiger partial charge >= 0.3 is 0 Å². The summed E-state index contributed by atoms with van der Waals surface area (Å²) in [5.41, 5.74) is 1.02. The lowest BCUT2D eigenvalue weighted by atomic mass is 9.79. The van der Waals surface area contributed by atoms with Gasteiger partial charge in [-0.3, -0.25) is 0 Å². The molecule has 1 aliphatic heterocycles. The second kappa shape index (κ2) is 6.08. The third-order valence-electron chi connectivity index (χ3n) is 4.85. The Morgan fingerprint density at radius 2 is 2.05 bits per heavy atom. The van der Waals surface area contributed by atoms with Crippen LogP contribution in [0, 0.1) is 5.92 Å². The quantitative estimate of drug-likeness (QED) is 0.891. The predicted molar refractivity (Wildman–Crippen MR) is 85.4 cm³/mol. The molecule has 3 rings (SSSR count). The molecule has 20 heavy (non-hydrogen) atoms. The highest BCUT2D eigenvalue weighted by atomic mass is 32.2. The van der Waals surface area contributed by atoms with E-state index in [1.807, 2.05) is 11.8 Å². The molecular weight excluding hydrogens is 266 g/mol. The molecule has 0 amide bonds. The van der Waals surface area contributed by atoms with Crippen molar-refractivity contribution < 1.29 is 5.11 Å². The molecule has 1 aromatic rings. The van der Waals surface area contributed by atoms with Crippen LogP contribution in [0.2, 0.25) is 0 Å². The Labute approximate surface area is 126 Å². The summed E-state index contributed by atoms with van der Waals surface area (Å²) in [5, 5.41) is 14.1. The van der Waals surface area contributed by atoms with Crippen LogP contribution in [0.25, 0.3) is 0 Å². The fourth-order valence-corrected chi connectivity index (χ4v) is 4.61. The van der Waals surface area contributed by atoms with E-state index in [2.05, 4.69) is 36.5 Å². The van der Waals surface area contributed by atoms with Gasteiger partial charge in [-0.2, -0.15) is 0 Å². The van der Waals surface area contributed by atoms with E-state index in [0.29, 0.717) is 5.92 Å². The Morgan fingerprint density at radius 3 is 2.85 bits per heavy atom. The zero-order valence-electron chi connectivity index (χ0n) is 12.3. The third-order valence-corrected chi connectivity index (χ3v) is 6.10. The van der Waals surface area contributed by atoms with Crippen molar-refractivity contribution >= 4 is 11.8 Å². The average molecular weight is 291 g/mol. The predicted octanol–water partition coefficient (Wildman–Crippen LogP) is 3.41. The smallest absolute Gasteiger partial charge is 0.0771 e. The molecule has 1 saturated carbocycles. The zero-order valence-corrected chi connectivity index (χ0v) is 13.1. The average Bonchev–Trinajstić information content (AvgIpc) is 2.86. The summed E-state index contributed by atoms with van der Waals surface area (Å²) in [7, 11) is 0. The molecule has 0 radical (unpaired) electrons. The van der Waals surface area contributed by atoms with E-state index in [4.69, 9.17) is 0 Å². The van der Waals surface area contributed by atoms with E-state index < -0.39 is 5.60 Å². The second-order valence-electron chi connectivity index (χ2n) is 6.58. The Morgan fingerprint density at radius 1 is 1.30 bits per heavy atom. The molecule has 0 aromatic heterocycles. The Balaban J connectivity index is 1.49. The molecule has 2 nitrogen and oxygen atoms in total. The number of hydrogen-bond donors (Lipinski definition) is 2. The van der Waals surface area contributed by atoms with Crippen LogP contribution in [-0.4, -0.2) is 29.5 Å². The maximum atomic E-state index is 10.6. The molecule has 1 unspecified atom stereocenters. The van der Waals surface area contributed by atoms with E-state index in [9.17, 15) is 5.11 Å². The van der Waals surface area contributed by atoms with Crippen molar-refractivity contribution in [1.29, 1.82) is 0 Å². The van der Waals surface area contributed by atoms with Gasteiger partial charge in [-0.1, -0.05) is 25.1 Å². The lowest BCUT2D eigenvalue weighted by molar-refractivity contribution is -0.00607. The van der Waals surface area contributed by atoms with Gasteiger partial charge in [-0.05, 0) is 43.2 Å². The van der Waals surface area contributed by atoms with Crippen molar-refractivity contribution in [3.05, 3.63) is 29.8 Å². The van der Waals surface area contributed by atoms with Gasteiger partial charge < -0.3 is 10.4 Å². The van der Waals surface area contributed by atoms with Crippen LogP contribution in [0.1, 0.15) is 44.1 Å². The molecule has 1 atom stereocenters. The topological polar surface area (TPSA) is 32.3 Å². The van der Waals surface area contributed by atoms with E-state index in [1.165, 1.54) is 29.1 Å². The first-order valence-electron chi connectivity index (χ1n) is 7.81. The maximum Gasteiger partial charge on any atom is 0.0771 e. The molecule has 3 heteroatoms. The van der Waals surface area contributed by atoms with Crippen LogP contribution < -0.4 is 5.32 Å². The maximum absolute atomic E-state index is 10.6. The SMILES string of the molecule is CC1CCC(O)(CNCC2CSc3ccccc32)CC1. The van der Waals surface area contributed by atoms with E-state index >= 15 is 0 Å². The van der Waals surface area contributed by atoms with Crippen LogP contribution in [0.5, 0.6) is 0 Å². The van der Waals surface area contributed by atoms with Crippen LogP contribution in [0.4, 0.5) is 0 Å². The van der Waals surface area contributed by atoms with Crippen molar-refractivity contribution in [3.8, 4) is 0 Å². The monoisotopic (exact) mass is 291 g/mol. The van der Waals surface area contributed by atoms with Gasteiger partial charge in [0.15, 0.2) is 0 Å². The summed E-state index contributed by atoms with van der Waals surface area (Å²) >= 11 is 1.96. The number of fused-ring (bicyclic) bond motifs is 1. The molecular formula is C17H25NOS. The van der Waals surface area contributed by atoms with Gasteiger partial charge in [-0.25, -0.2) is 0 Å². The number of aliphatic hydroxyl groups is 1. The van der Waals surface area contributed by atoms with Gasteiger partial charge in [0.2, 0.25) is 0 Å². The molecule has 1 aromatic carbocycles. The Bertz CT molecular complexity index is 454. The van der Waals surface area contributed by atoms with Gasteiger partial charge in [0.1, 0.15) is 0 Å². The first-order valence-corrected chi connectivity index (χ1v) is 8.80. The fraction of sp³-hybridized carbons (Fsp3) is 0.647. The largest absolute Gasteiger partial charge is 0.389 e. The molecule has 0 bridgehead atoms. The third kappa shape index (κ3) is 3.21. The summed E-state index contributed by atoms with van der Waals surface area (Å²) in [6, 6.07) is 8.72. The van der Waals surface area contributed by atoms with Crippen molar-refractivity contribution in [2.75, 3.05) is 18.8 Å². The first-order chi connectivity index (χ1) is 9.66. The van der Waals surface area contributed by atoms with Gasteiger partial charge in [0.05, 0.1) is 5.60 Å². The molecule has 0 saturated heterocycles. The number of nitrogens with one attached hydrogen (secondary N) is 1. The van der Waals surface area contributed by atoms with Crippen molar-refractivity contribution in [2.24, 2.45) is 5.92 Å². The Kier molecular flexibility index (Phi) is 4.39. The zero-order chi connectivity index (χ0) is 14.0. The van der Waals surface area contributed by atoms with Crippen LogP contribution >= 0.6 is 11.8 Å². The minimum absolute atomic E-state index is 0.461. The Hall–Kier alpha value is -0.510. The highest BCUT2D eigenvalue weighted by Crippen LogP contribution is 2.39. The van der Waals surface area contributed by atoms with E-state index in [1.54, 1.807) is 0 Å². The summed E-state index contributed by atoms with van der Waals surface area (Å²) in [6.07, 6.45) is 4.24. The fourth-order valence-electron chi connectivity index (χ4n) is 3.35. The number of rotatable bonds is 4. The molecule has 110 valence electrons. The van der Waals surface area contributed by atoms with Gasteiger partial charge in [0, 0.05) is 29.7 Å². The van der Waals surface area contributed by atoms with Gasteiger partial charge in [0.25, 0.3) is 0 Å². The summed E-state index contributed by atoms with van der Waals surface area (Å²) < 4.78 is 0. The summed E-state index contributed by atoms with van der Waals surface area (Å²) in [4.78, 5) is 1.43. The number of hydrogen-bond acceptors (Lipinski definition) is 3. The van der Waals surface area contributed by atoms with Crippen LogP contribution in [0.3, 0.4) is 0 Å². The highest BCUT2D eigenvalue weighted by Gasteiger charge is 2.32. The number of benzene rings is 1. The molecule has 1 heterocycles. The highest BCUT2D eigenvalue weighted by molar-refractivity contribution is 7.99. The van der Waals surface area contributed by atoms with Gasteiger partial charge in [-0.15, -0.1) is 11.8 Å². The van der Waals surface area contributed by atoms with Crippen LogP contribution in [-0.2, 0) is 0 Å². The second-order valence-corrected chi connectivity index (χ2v) is 7.65. The standard InChI is InChI=1S/C17H25NOS/c1-13-6-8-17(19,9-7-13)12-18-10-14-11-20-16-5-3-2-4-15(14)16/h2-5,13-14,18-19H,6-12H2,1H3. The minimum atomic E-state index is -0.461. The van der Waals surface area contributed by atoms with Crippen LogP contribution in [0.15, 0.2) is 29.2 Å². The molecule has 2 N–H and O–H groups in total. The molecule has 1 fully saturated rings. The summed E-state index contributed by atoms with van der Waals surface area (Å²) in [6.45, 7) is 4.03. The molecule has 0 spiro atoms.